The molecule has 0 fully saturated rings. The fourth-order valence-electron chi connectivity index (χ4n) is 0.924. The van der Waals surface area contributed by atoms with Crippen LogP contribution in [0.1, 0.15) is 17.5 Å². The maximum absolute atomic E-state index is 10.2. The van der Waals surface area contributed by atoms with E-state index < -0.39 is 5.97 Å². The maximum Gasteiger partial charge on any atom is 0.315 e. The van der Waals surface area contributed by atoms with Crippen LogP contribution in [0.2, 0.25) is 0 Å². The van der Waals surface area contributed by atoms with Gasteiger partial charge in [0.05, 0.1) is 0 Å². The molecule has 0 spiro atoms. The zero-order chi connectivity index (χ0) is 10.4. The Morgan fingerprint density at radius 1 is 1.43 bits per heavy atom. The third kappa shape index (κ3) is 3.16. The van der Waals surface area contributed by atoms with Crippen LogP contribution in [0.3, 0.4) is 0 Å². The lowest BCUT2D eigenvalue weighted by molar-refractivity contribution is -0.135. The molecule has 0 aliphatic carbocycles. The van der Waals surface area contributed by atoms with Gasteiger partial charge in [0.25, 0.3) is 0 Å². The molecule has 0 aliphatic rings. The molecule has 0 aromatic heterocycles. The zero-order valence-electron chi connectivity index (χ0n) is 7.66. The number of benzene rings is 1. The first-order chi connectivity index (χ1) is 6.72. The number of hydrogen-bond donors (Lipinski definition) is 1. The molecule has 1 N–H and O–H groups in total. The summed E-state index contributed by atoms with van der Waals surface area (Å²) in [5.41, 5.74) is 1.84. The van der Waals surface area contributed by atoms with Gasteiger partial charge < -0.3 is 5.11 Å². The standard InChI is InChI=1S/C12H10O2/c1-2-10-6-8-11(9-7-10)4-3-5-12(13)14/h2,6-9H,1,5H2,(H,13,14). The number of carboxylic acid groups (broad SMARTS) is 1. The minimum Gasteiger partial charge on any atom is -0.481 e. The number of carbonyl (C=O) groups is 1. The SMILES string of the molecule is C=Cc1ccc(C#CCC(=O)O)cc1. The lowest BCUT2D eigenvalue weighted by Gasteiger charge is -1.92. The van der Waals surface area contributed by atoms with Crippen molar-refractivity contribution in [3.63, 3.8) is 0 Å². The van der Waals surface area contributed by atoms with Crippen LogP contribution in [-0.2, 0) is 4.79 Å². The van der Waals surface area contributed by atoms with Crippen molar-refractivity contribution in [2.24, 2.45) is 0 Å². The van der Waals surface area contributed by atoms with E-state index in [-0.39, 0.29) is 6.42 Å². The first-order valence-electron chi connectivity index (χ1n) is 4.15. The average Bonchev–Trinajstić information content (AvgIpc) is 2.18. The molecule has 70 valence electrons. The molecule has 0 amide bonds. The normalized spacial score (nSPS) is 8.57. The summed E-state index contributed by atoms with van der Waals surface area (Å²) in [4.78, 5) is 10.2. The fraction of sp³-hybridized carbons (Fsp3) is 0.0833. The Labute approximate surface area is 82.9 Å². The van der Waals surface area contributed by atoms with Crippen molar-refractivity contribution in [3.05, 3.63) is 42.0 Å². The highest BCUT2D eigenvalue weighted by atomic mass is 16.4. The lowest BCUT2D eigenvalue weighted by Crippen LogP contribution is -1.90. The minimum absolute atomic E-state index is 0.122. The predicted octanol–water partition coefficient (Wildman–Crippen LogP) is 2.16. The van der Waals surface area contributed by atoms with E-state index in [2.05, 4.69) is 18.4 Å². The Morgan fingerprint density at radius 3 is 2.57 bits per heavy atom. The van der Waals surface area contributed by atoms with Crippen LogP contribution in [-0.4, -0.2) is 11.1 Å². The quantitative estimate of drug-likeness (QED) is 0.718. The molecule has 1 rings (SSSR count). The summed E-state index contributed by atoms with van der Waals surface area (Å²) in [5, 5.41) is 8.36. The van der Waals surface area contributed by atoms with E-state index in [0.29, 0.717) is 0 Å². The van der Waals surface area contributed by atoms with Gasteiger partial charge in [-0.3, -0.25) is 4.79 Å². The van der Waals surface area contributed by atoms with E-state index in [4.69, 9.17) is 5.11 Å². The van der Waals surface area contributed by atoms with E-state index >= 15 is 0 Å². The first-order valence-corrected chi connectivity index (χ1v) is 4.15. The van der Waals surface area contributed by atoms with Crippen molar-refractivity contribution in [1.82, 2.24) is 0 Å². The number of hydrogen-bond acceptors (Lipinski definition) is 1. The Bertz CT molecular complexity index is 391. The molecule has 1 aromatic carbocycles. The van der Waals surface area contributed by atoms with Gasteiger partial charge in [-0.25, -0.2) is 0 Å². The lowest BCUT2D eigenvalue weighted by atomic mass is 10.1. The highest BCUT2D eigenvalue weighted by Gasteiger charge is 1.90. The molecule has 0 atom stereocenters. The van der Waals surface area contributed by atoms with Gasteiger partial charge in [-0.15, -0.1) is 0 Å². The van der Waals surface area contributed by atoms with Gasteiger partial charge in [0, 0.05) is 5.56 Å². The molecule has 1 aromatic rings. The summed E-state index contributed by atoms with van der Waals surface area (Å²) < 4.78 is 0. The van der Waals surface area contributed by atoms with Crippen molar-refractivity contribution >= 4 is 12.0 Å². The van der Waals surface area contributed by atoms with Gasteiger partial charge in [-0.1, -0.05) is 36.6 Å². The molecule has 0 saturated carbocycles. The monoisotopic (exact) mass is 186 g/mol. The molecule has 0 radical (unpaired) electrons. The second-order valence-corrected chi connectivity index (χ2v) is 2.70. The summed E-state index contributed by atoms with van der Waals surface area (Å²) in [7, 11) is 0. The highest BCUT2D eigenvalue weighted by Crippen LogP contribution is 2.03. The van der Waals surface area contributed by atoms with Crippen molar-refractivity contribution in [2.45, 2.75) is 6.42 Å². The van der Waals surface area contributed by atoms with Gasteiger partial charge in [0.1, 0.15) is 6.42 Å². The molecule has 0 saturated heterocycles. The van der Waals surface area contributed by atoms with Crippen LogP contribution in [0.15, 0.2) is 30.8 Å². The van der Waals surface area contributed by atoms with E-state index in [1.807, 2.05) is 24.3 Å². The molecule has 0 bridgehead atoms. The number of aliphatic carboxylic acids is 1. The second-order valence-electron chi connectivity index (χ2n) is 2.70. The first kappa shape index (κ1) is 10.1. The molecular formula is C12H10O2. The van der Waals surface area contributed by atoms with Crippen LogP contribution in [0.25, 0.3) is 6.08 Å². The topological polar surface area (TPSA) is 37.3 Å². The second kappa shape index (κ2) is 4.88. The third-order valence-electron chi connectivity index (χ3n) is 1.62. The summed E-state index contributed by atoms with van der Waals surface area (Å²) in [6.07, 6.45) is 1.62. The molecule has 0 heterocycles. The zero-order valence-corrected chi connectivity index (χ0v) is 7.66. The Morgan fingerprint density at radius 2 is 2.07 bits per heavy atom. The fourth-order valence-corrected chi connectivity index (χ4v) is 0.924. The Kier molecular flexibility index (Phi) is 3.51. The van der Waals surface area contributed by atoms with E-state index in [9.17, 15) is 4.79 Å². The van der Waals surface area contributed by atoms with Crippen LogP contribution in [0.4, 0.5) is 0 Å². The van der Waals surface area contributed by atoms with Gasteiger partial charge in [-0.2, -0.15) is 0 Å². The third-order valence-corrected chi connectivity index (χ3v) is 1.62. The number of rotatable bonds is 2. The van der Waals surface area contributed by atoms with Gasteiger partial charge in [-0.05, 0) is 17.7 Å². The molecule has 0 aliphatic heterocycles. The van der Waals surface area contributed by atoms with E-state index in [1.54, 1.807) is 6.08 Å². The average molecular weight is 186 g/mol. The van der Waals surface area contributed by atoms with Crippen LogP contribution in [0.5, 0.6) is 0 Å². The van der Waals surface area contributed by atoms with Gasteiger partial charge in [0.15, 0.2) is 0 Å². The van der Waals surface area contributed by atoms with Crippen molar-refractivity contribution in [1.29, 1.82) is 0 Å². The van der Waals surface area contributed by atoms with Gasteiger partial charge in [0.2, 0.25) is 0 Å². The molecular weight excluding hydrogens is 176 g/mol. The summed E-state index contributed by atoms with van der Waals surface area (Å²) >= 11 is 0. The summed E-state index contributed by atoms with van der Waals surface area (Å²) in [6.45, 7) is 3.63. The Balaban J connectivity index is 2.71. The van der Waals surface area contributed by atoms with Gasteiger partial charge >= 0.3 is 5.97 Å². The van der Waals surface area contributed by atoms with Crippen LogP contribution in [0, 0.1) is 11.8 Å². The molecule has 2 nitrogen and oxygen atoms in total. The van der Waals surface area contributed by atoms with Crippen LogP contribution >= 0.6 is 0 Å². The number of carboxylic acids is 1. The molecule has 0 unspecified atom stereocenters. The van der Waals surface area contributed by atoms with Crippen molar-refractivity contribution < 1.29 is 9.90 Å². The molecule has 14 heavy (non-hydrogen) atoms. The van der Waals surface area contributed by atoms with E-state index in [0.717, 1.165) is 11.1 Å². The summed E-state index contributed by atoms with van der Waals surface area (Å²) in [5.74, 6) is 4.42. The van der Waals surface area contributed by atoms with E-state index in [1.165, 1.54) is 0 Å². The minimum atomic E-state index is -0.903. The Hall–Kier alpha value is -2.01. The largest absolute Gasteiger partial charge is 0.481 e. The molecule has 2 heteroatoms. The predicted molar refractivity (Wildman–Crippen MR) is 55.7 cm³/mol. The van der Waals surface area contributed by atoms with Crippen LogP contribution < -0.4 is 0 Å². The highest BCUT2D eigenvalue weighted by molar-refractivity contribution is 5.70. The smallest absolute Gasteiger partial charge is 0.315 e. The van der Waals surface area contributed by atoms with Crippen molar-refractivity contribution in [3.8, 4) is 11.8 Å². The van der Waals surface area contributed by atoms with Crippen molar-refractivity contribution in [2.75, 3.05) is 0 Å². The summed E-state index contributed by atoms with van der Waals surface area (Å²) in [6, 6.07) is 7.45. The maximum atomic E-state index is 10.2.